The maximum absolute atomic E-state index is 6.77. The third-order valence-electron chi connectivity index (χ3n) is 9.87. The van der Waals surface area contributed by atoms with E-state index in [0.717, 1.165) is 17.1 Å². The predicted octanol–water partition coefficient (Wildman–Crippen LogP) is 10.9. The molecule has 0 radical (unpaired) electrons. The topological polar surface area (TPSA) is 14.2 Å². The molecule has 0 fully saturated rings. The third-order valence-corrected chi connectivity index (χ3v) is 9.87. The SMILES string of the molecule is c1ccc(-n2c3ccccc3c3cc(-c4ccc5c(c4)Oc4ccccc4C54c5ccccc5-c5ccccc54)ccc32)cc1. The number of benzene rings is 7. The molecule has 0 saturated heterocycles. The van der Waals surface area contributed by atoms with Gasteiger partial charge in [-0.25, -0.2) is 0 Å². The van der Waals surface area contributed by atoms with E-state index in [4.69, 9.17) is 4.74 Å². The molecule has 2 nitrogen and oxygen atoms in total. The van der Waals surface area contributed by atoms with Gasteiger partial charge in [-0.1, -0.05) is 121 Å². The lowest BCUT2D eigenvalue weighted by atomic mass is 9.66. The second kappa shape index (κ2) is 9.07. The van der Waals surface area contributed by atoms with Crippen molar-refractivity contribution in [1.82, 2.24) is 4.57 Å². The summed E-state index contributed by atoms with van der Waals surface area (Å²) < 4.78 is 9.13. The molecular weight excluding hydrogens is 546 g/mol. The Morgan fingerprint density at radius 3 is 1.78 bits per heavy atom. The zero-order valence-corrected chi connectivity index (χ0v) is 24.4. The summed E-state index contributed by atoms with van der Waals surface area (Å²) in [6.07, 6.45) is 0. The van der Waals surface area contributed by atoms with E-state index in [1.807, 2.05) is 0 Å². The minimum atomic E-state index is -0.442. The number of rotatable bonds is 2. The molecule has 2 aliphatic rings. The molecule has 10 rings (SSSR count). The van der Waals surface area contributed by atoms with Gasteiger partial charge in [-0.15, -0.1) is 0 Å². The molecule has 2 heterocycles. The monoisotopic (exact) mass is 573 g/mol. The van der Waals surface area contributed by atoms with Crippen LogP contribution in [0.2, 0.25) is 0 Å². The van der Waals surface area contributed by atoms with Crippen LogP contribution in [0.5, 0.6) is 11.5 Å². The standard InChI is InChI=1S/C43H27NO/c1-2-12-30(13-3-1)44-39-20-10-6-16-33(39)34-26-28(23-25-40(34)44)29-22-24-38-42(27-29)45-41-21-11-9-19-37(41)43(38)35-17-7-4-14-31(35)32-15-5-8-18-36(32)43/h1-27H. The number of nitrogens with zero attached hydrogens (tertiary/aromatic N) is 1. The molecule has 1 aromatic heterocycles. The third kappa shape index (κ3) is 3.23. The zero-order chi connectivity index (χ0) is 29.5. The van der Waals surface area contributed by atoms with Crippen molar-refractivity contribution in [1.29, 1.82) is 0 Å². The predicted molar refractivity (Wildman–Crippen MR) is 184 cm³/mol. The Bertz CT molecular complexity index is 2420. The van der Waals surface area contributed by atoms with Gasteiger partial charge in [0.15, 0.2) is 0 Å². The molecule has 45 heavy (non-hydrogen) atoms. The summed E-state index contributed by atoms with van der Waals surface area (Å²) in [5.74, 6) is 1.82. The maximum Gasteiger partial charge on any atom is 0.132 e. The molecule has 1 aliphatic heterocycles. The number of fused-ring (bicyclic) bond motifs is 12. The van der Waals surface area contributed by atoms with Gasteiger partial charge in [0.2, 0.25) is 0 Å². The number of aromatic nitrogens is 1. The number of para-hydroxylation sites is 3. The van der Waals surface area contributed by atoms with E-state index in [9.17, 15) is 0 Å². The van der Waals surface area contributed by atoms with Gasteiger partial charge in [0.25, 0.3) is 0 Å². The molecule has 0 N–H and O–H groups in total. The van der Waals surface area contributed by atoms with Crippen molar-refractivity contribution in [2.45, 2.75) is 5.41 Å². The van der Waals surface area contributed by atoms with E-state index in [1.165, 1.54) is 66.4 Å². The normalized spacial score (nSPS) is 13.7. The van der Waals surface area contributed by atoms with Crippen LogP contribution in [0, 0.1) is 0 Å². The van der Waals surface area contributed by atoms with Gasteiger partial charge in [0, 0.05) is 27.6 Å². The highest BCUT2D eigenvalue weighted by atomic mass is 16.5. The van der Waals surface area contributed by atoms with Crippen molar-refractivity contribution in [2.75, 3.05) is 0 Å². The lowest BCUT2D eigenvalue weighted by Crippen LogP contribution is -2.32. The summed E-state index contributed by atoms with van der Waals surface area (Å²) in [6.45, 7) is 0. The molecule has 0 unspecified atom stereocenters. The van der Waals surface area contributed by atoms with E-state index in [0.29, 0.717) is 0 Å². The average Bonchev–Trinajstić information content (AvgIpc) is 3.59. The zero-order valence-electron chi connectivity index (χ0n) is 24.4. The van der Waals surface area contributed by atoms with E-state index in [-0.39, 0.29) is 0 Å². The van der Waals surface area contributed by atoms with Crippen LogP contribution < -0.4 is 4.74 Å². The summed E-state index contributed by atoms with van der Waals surface area (Å²) in [5.41, 5.74) is 13.0. The molecule has 1 spiro atoms. The molecule has 210 valence electrons. The van der Waals surface area contributed by atoms with Crippen molar-refractivity contribution >= 4 is 21.8 Å². The Kier molecular flexibility index (Phi) is 4.95. The van der Waals surface area contributed by atoms with E-state index in [1.54, 1.807) is 0 Å². The van der Waals surface area contributed by atoms with E-state index in [2.05, 4.69) is 168 Å². The van der Waals surface area contributed by atoms with Gasteiger partial charge in [0.1, 0.15) is 11.5 Å². The Labute approximate surface area is 261 Å². The molecular formula is C43H27NO. The highest BCUT2D eigenvalue weighted by Gasteiger charge is 2.50. The van der Waals surface area contributed by atoms with Gasteiger partial charge in [-0.05, 0) is 75.8 Å². The number of hydrogen-bond donors (Lipinski definition) is 0. The van der Waals surface area contributed by atoms with Crippen LogP contribution in [-0.2, 0) is 5.41 Å². The Morgan fingerprint density at radius 2 is 0.978 bits per heavy atom. The summed E-state index contributed by atoms with van der Waals surface area (Å²) in [4.78, 5) is 0. The van der Waals surface area contributed by atoms with Crippen LogP contribution in [0.1, 0.15) is 22.3 Å². The van der Waals surface area contributed by atoms with Crippen molar-refractivity contribution in [3.05, 3.63) is 186 Å². The van der Waals surface area contributed by atoms with Crippen molar-refractivity contribution in [3.63, 3.8) is 0 Å². The average molecular weight is 574 g/mol. The van der Waals surface area contributed by atoms with Gasteiger partial charge in [0.05, 0.1) is 16.4 Å². The highest BCUT2D eigenvalue weighted by molar-refractivity contribution is 6.10. The van der Waals surface area contributed by atoms with Crippen LogP contribution in [0.4, 0.5) is 0 Å². The van der Waals surface area contributed by atoms with Crippen molar-refractivity contribution in [3.8, 4) is 39.4 Å². The first-order chi connectivity index (χ1) is 22.3. The molecule has 0 bridgehead atoms. The van der Waals surface area contributed by atoms with E-state index >= 15 is 0 Å². The lowest BCUT2D eigenvalue weighted by Gasteiger charge is -2.39. The summed E-state index contributed by atoms with van der Waals surface area (Å²) in [5, 5.41) is 2.49. The van der Waals surface area contributed by atoms with Crippen molar-refractivity contribution < 1.29 is 4.74 Å². The molecule has 2 heteroatoms. The van der Waals surface area contributed by atoms with Crippen LogP contribution in [0.15, 0.2) is 164 Å². The van der Waals surface area contributed by atoms with Gasteiger partial charge < -0.3 is 9.30 Å². The molecule has 0 saturated carbocycles. The fraction of sp³-hybridized carbons (Fsp3) is 0.0233. The van der Waals surface area contributed by atoms with Gasteiger partial charge in [-0.3, -0.25) is 0 Å². The summed E-state index contributed by atoms with van der Waals surface area (Å²) >= 11 is 0. The van der Waals surface area contributed by atoms with Crippen LogP contribution >= 0.6 is 0 Å². The Hall–Kier alpha value is -5.86. The molecule has 8 aromatic rings. The Balaban J connectivity index is 1.20. The fourth-order valence-electron chi connectivity index (χ4n) is 8.05. The first-order valence-electron chi connectivity index (χ1n) is 15.5. The minimum Gasteiger partial charge on any atom is -0.457 e. The molecule has 0 atom stereocenters. The van der Waals surface area contributed by atoms with E-state index < -0.39 is 5.41 Å². The van der Waals surface area contributed by atoms with Gasteiger partial charge >= 0.3 is 0 Å². The second-order valence-electron chi connectivity index (χ2n) is 12.1. The first kappa shape index (κ1) is 24.6. The fourth-order valence-corrected chi connectivity index (χ4v) is 8.05. The quantitative estimate of drug-likeness (QED) is 0.201. The van der Waals surface area contributed by atoms with Crippen LogP contribution in [0.3, 0.4) is 0 Å². The first-order valence-corrected chi connectivity index (χ1v) is 15.5. The van der Waals surface area contributed by atoms with Crippen LogP contribution in [0.25, 0.3) is 49.7 Å². The highest BCUT2D eigenvalue weighted by Crippen LogP contribution is 2.62. The number of hydrogen-bond acceptors (Lipinski definition) is 1. The van der Waals surface area contributed by atoms with Gasteiger partial charge in [-0.2, -0.15) is 0 Å². The molecule has 7 aromatic carbocycles. The minimum absolute atomic E-state index is 0.442. The van der Waals surface area contributed by atoms with Crippen molar-refractivity contribution in [2.24, 2.45) is 0 Å². The smallest absolute Gasteiger partial charge is 0.132 e. The second-order valence-corrected chi connectivity index (χ2v) is 12.1. The lowest BCUT2D eigenvalue weighted by molar-refractivity contribution is 0.436. The summed E-state index contributed by atoms with van der Waals surface area (Å²) in [7, 11) is 0. The largest absolute Gasteiger partial charge is 0.457 e. The van der Waals surface area contributed by atoms with Crippen LogP contribution in [-0.4, -0.2) is 4.57 Å². The maximum atomic E-state index is 6.77. The number of ether oxygens (including phenoxy) is 1. The Morgan fingerprint density at radius 1 is 0.400 bits per heavy atom. The summed E-state index contributed by atoms with van der Waals surface area (Å²) in [6, 6.07) is 59.3. The molecule has 1 aliphatic carbocycles. The molecule has 0 amide bonds.